The molecule has 0 fully saturated rings. The van der Waals surface area contributed by atoms with Gasteiger partial charge in [-0.3, -0.25) is 4.79 Å². The first kappa shape index (κ1) is 14.6. The summed E-state index contributed by atoms with van der Waals surface area (Å²) < 4.78 is 5.14. The number of carboxylic acid groups (broad SMARTS) is 1. The van der Waals surface area contributed by atoms with Crippen LogP contribution >= 0.6 is 11.8 Å². The van der Waals surface area contributed by atoms with Gasteiger partial charge in [-0.1, -0.05) is 0 Å². The summed E-state index contributed by atoms with van der Waals surface area (Å²) in [6.07, 6.45) is 2.24. The van der Waals surface area contributed by atoms with Crippen LogP contribution in [0.15, 0.2) is 4.42 Å². The number of hydrogen-bond donors (Lipinski definition) is 2. The van der Waals surface area contributed by atoms with Gasteiger partial charge >= 0.3 is 11.9 Å². The minimum atomic E-state index is -1.06. The van der Waals surface area contributed by atoms with E-state index in [0.717, 1.165) is 0 Å². The van der Waals surface area contributed by atoms with Gasteiger partial charge in [0.25, 0.3) is 5.89 Å². The summed E-state index contributed by atoms with van der Waals surface area (Å²) in [6.45, 7) is 3.42. The summed E-state index contributed by atoms with van der Waals surface area (Å²) in [5.74, 6) is -0.547. The molecule has 0 aliphatic rings. The zero-order valence-electron chi connectivity index (χ0n) is 10.5. The molecule has 1 aromatic heterocycles. The van der Waals surface area contributed by atoms with E-state index in [1.165, 1.54) is 11.8 Å². The predicted molar refractivity (Wildman–Crippen MR) is 67.9 cm³/mol. The minimum absolute atomic E-state index is 0.0969. The average molecular weight is 272 g/mol. The van der Waals surface area contributed by atoms with E-state index in [1.54, 1.807) is 13.8 Å². The number of carbonyl (C=O) groups is 2. The Morgan fingerprint density at radius 2 is 2.17 bits per heavy atom. The molecular formula is C11H16N2O4S. The summed E-state index contributed by atoms with van der Waals surface area (Å²) >= 11 is 1.52. The number of carboxylic acids is 1. The fraction of sp³-hybridized carbons (Fsp3) is 0.545. The van der Waals surface area contributed by atoms with Crippen LogP contribution in [0.1, 0.15) is 28.6 Å². The normalized spacial score (nSPS) is 12.2. The van der Waals surface area contributed by atoms with Crippen molar-refractivity contribution < 1.29 is 19.1 Å². The number of nitrogens with zero attached hydrogens (tertiary/aromatic N) is 1. The number of nitrogens with one attached hydrogen (secondary N) is 1. The van der Waals surface area contributed by atoms with Gasteiger partial charge in [-0.2, -0.15) is 11.8 Å². The summed E-state index contributed by atoms with van der Waals surface area (Å²) in [5, 5.41) is 11.4. The first-order valence-corrected chi connectivity index (χ1v) is 6.81. The molecule has 0 aromatic carbocycles. The molecule has 0 aliphatic carbocycles. The summed E-state index contributed by atoms with van der Waals surface area (Å²) in [5.41, 5.74) is 0.621. The van der Waals surface area contributed by atoms with Crippen LogP contribution in [0.25, 0.3) is 0 Å². The van der Waals surface area contributed by atoms with Crippen molar-refractivity contribution in [1.29, 1.82) is 0 Å². The lowest BCUT2D eigenvalue weighted by Gasteiger charge is -2.12. The molecule has 1 atom stereocenters. The Kier molecular flexibility index (Phi) is 5.21. The highest BCUT2D eigenvalue weighted by molar-refractivity contribution is 7.98. The first-order valence-electron chi connectivity index (χ1n) is 5.42. The smallest absolute Gasteiger partial charge is 0.326 e. The largest absolute Gasteiger partial charge is 0.480 e. The Labute approximate surface area is 109 Å². The number of aryl methyl sites for hydroxylation is 2. The fourth-order valence-corrected chi connectivity index (χ4v) is 1.75. The topological polar surface area (TPSA) is 92.4 Å². The van der Waals surface area contributed by atoms with Gasteiger partial charge in [-0.15, -0.1) is 0 Å². The maximum absolute atomic E-state index is 11.8. The number of thioether (sulfide) groups is 1. The van der Waals surface area contributed by atoms with Crippen LogP contribution in [-0.2, 0) is 4.79 Å². The minimum Gasteiger partial charge on any atom is -0.480 e. The molecule has 6 nitrogen and oxygen atoms in total. The molecule has 0 spiro atoms. The number of oxazole rings is 1. The van der Waals surface area contributed by atoms with Crippen molar-refractivity contribution in [2.24, 2.45) is 0 Å². The predicted octanol–water partition coefficient (Wildman–Crippen LogP) is 1.23. The standard InChI is InChI=1S/C11H16N2O4S/c1-6-7(2)17-10(12-6)9(14)13-8(11(15)16)4-5-18-3/h8H,4-5H2,1-3H3,(H,13,14)(H,15,16)/t8-/m0/s1. The second-order valence-corrected chi connectivity index (χ2v) is 4.79. The van der Waals surface area contributed by atoms with Crippen molar-refractivity contribution in [3.05, 3.63) is 17.3 Å². The van der Waals surface area contributed by atoms with Crippen LogP contribution in [0, 0.1) is 13.8 Å². The molecule has 0 radical (unpaired) electrons. The molecule has 0 bridgehead atoms. The Bertz CT molecular complexity index is 425. The Morgan fingerprint density at radius 3 is 2.61 bits per heavy atom. The maximum atomic E-state index is 11.8. The van der Waals surface area contributed by atoms with Crippen LogP contribution < -0.4 is 5.32 Å². The van der Waals surface area contributed by atoms with Gasteiger partial charge in [0.15, 0.2) is 0 Å². The molecule has 0 unspecified atom stereocenters. The van der Waals surface area contributed by atoms with E-state index in [-0.39, 0.29) is 5.89 Å². The van der Waals surface area contributed by atoms with E-state index in [9.17, 15) is 9.59 Å². The van der Waals surface area contributed by atoms with Gasteiger partial charge in [0.2, 0.25) is 0 Å². The monoisotopic (exact) mass is 272 g/mol. The molecule has 1 amide bonds. The van der Waals surface area contributed by atoms with E-state index in [2.05, 4.69) is 10.3 Å². The summed E-state index contributed by atoms with van der Waals surface area (Å²) in [6, 6.07) is -0.919. The second kappa shape index (κ2) is 6.44. The number of rotatable bonds is 6. The van der Waals surface area contributed by atoms with Crippen molar-refractivity contribution in [3.63, 3.8) is 0 Å². The van der Waals surface area contributed by atoms with Crippen molar-refractivity contribution in [3.8, 4) is 0 Å². The van der Waals surface area contributed by atoms with E-state index in [0.29, 0.717) is 23.6 Å². The van der Waals surface area contributed by atoms with E-state index in [4.69, 9.17) is 9.52 Å². The molecule has 0 saturated heterocycles. The summed E-state index contributed by atoms with van der Waals surface area (Å²) in [7, 11) is 0. The molecular weight excluding hydrogens is 256 g/mol. The highest BCUT2D eigenvalue weighted by Gasteiger charge is 2.23. The molecule has 2 N–H and O–H groups in total. The molecule has 7 heteroatoms. The van der Waals surface area contributed by atoms with Gasteiger partial charge in [0.05, 0.1) is 5.69 Å². The lowest BCUT2D eigenvalue weighted by atomic mass is 10.2. The third-order valence-corrected chi connectivity index (χ3v) is 3.08. The number of hydrogen-bond acceptors (Lipinski definition) is 5. The van der Waals surface area contributed by atoms with Gasteiger partial charge in [0.1, 0.15) is 11.8 Å². The fourth-order valence-electron chi connectivity index (χ4n) is 1.28. The van der Waals surface area contributed by atoms with Crippen LogP contribution in [0.3, 0.4) is 0 Å². The lowest BCUT2D eigenvalue weighted by molar-refractivity contribution is -0.139. The zero-order valence-corrected chi connectivity index (χ0v) is 11.3. The third-order valence-electron chi connectivity index (χ3n) is 2.44. The van der Waals surface area contributed by atoms with Crippen molar-refractivity contribution in [2.75, 3.05) is 12.0 Å². The zero-order chi connectivity index (χ0) is 13.7. The number of amides is 1. The van der Waals surface area contributed by atoms with E-state index >= 15 is 0 Å². The van der Waals surface area contributed by atoms with Gasteiger partial charge in [0, 0.05) is 0 Å². The maximum Gasteiger partial charge on any atom is 0.326 e. The number of carbonyl (C=O) groups excluding carboxylic acids is 1. The van der Waals surface area contributed by atoms with Crippen LogP contribution in [0.4, 0.5) is 0 Å². The van der Waals surface area contributed by atoms with E-state index < -0.39 is 17.9 Å². The second-order valence-electron chi connectivity index (χ2n) is 3.81. The molecule has 1 rings (SSSR count). The third kappa shape index (κ3) is 3.76. The van der Waals surface area contributed by atoms with Crippen LogP contribution in [-0.4, -0.2) is 40.0 Å². The molecule has 18 heavy (non-hydrogen) atoms. The first-order chi connectivity index (χ1) is 8.45. The number of aliphatic carboxylic acids is 1. The van der Waals surface area contributed by atoms with Crippen molar-refractivity contribution >= 4 is 23.6 Å². The molecule has 1 heterocycles. The summed E-state index contributed by atoms with van der Waals surface area (Å²) in [4.78, 5) is 26.6. The van der Waals surface area contributed by atoms with Crippen LogP contribution in [0.5, 0.6) is 0 Å². The molecule has 0 aliphatic heterocycles. The van der Waals surface area contributed by atoms with Crippen LogP contribution in [0.2, 0.25) is 0 Å². The Morgan fingerprint density at radius 1 is 1.50 bits per heavy atom. The molecule has 0 saturated carbocycles. The lowest BCUT2D eigenvalue weighted by Crippen LogP contribution is -2.41. The van der Waals surface area contributed by atoms with Gasteiger partial charge in [-0.25, -0.2) is 9.78 Å². The Balaban J connectivity index is 2.69. The quantitative estimate of drug-likeness (QED) is 0.809. The van der Waals surface area contributed by atoms with Gasteiger partial charge in [-0.05, 0) is 32.3 Å². The number of aromatic nitrogens is 1. The van der Waals surface area contributed by atoms with Crippen molar-refractivity contribution in [2.45, 2.75) is 26.3 Å². The SMILES string of the molecule is CSCC[C@H](NC(=O)c1nc(C)c(C)o1)C(=O)O. The highest BCUT2D eigenvalue weighted by Crippen LogP contribution is 2.09. The van der Waals surface area contributed by atoms with Gasteiger partial charge < -0.3 is 14.8 Å². The van der Waals surface area contributed by atoms with Crippen molar-refractivity contribution in [1.82, 2.24) is 10.3 Å². The Hall–Kier alpha value is -1.50. The van der Waals surface area contributed by atoms with E-state index in [1.807, 2.05) is 6.26 Å². The molecule has 100 valence electrons. The molecule has 1 aromatic rings. The highest BCUT2D eigenvalue weighted by atomic mass is 32.2. The average Bonchev–Trinajstić information content (AvgIpc) is 2.64.